The van der Waals surface area contributed by atoms with Crippen LogP contribution >= 0.6 is 0 Å². The minimum Gasteiger partial charge on any atom is -0.375 e. The van der Waals surface area contributed by atoms with E-state index in [-0.39, 0.29) is 36.8 Å². The van der Waals surface area contributed by atoms with Crippen molar-refractivity contribution in [1.82, 2.24) is 10.2 Å². The number of hydrogen-bond donors (Lipinski definition) is 1. The van der Waals surface area contributed by atoms with Crippen molar-refractivity contribution in [3.05, 3.63) is 71.3 Å². The van der Waals surface area contributed by atoms with Gasteiger partial charge in [0.25, 0.3) is 11.8 Å². The van der Waals surface area contributed by atoms with Crippen LogP contribution in [0.5, 0.6) is 0 Å². The van der Waals surface area contributed by atoms with E-state index < -0.39 is 0 Å². The summed E-state index contributed by atoms with van der Waals surface area (Å²) in [6.45, 7) is 0.378. The summed E-state index contributed by atoms with van der Waals surface area (Å²) in [5.74, 6) is -0.936. The van der Waals surface area contributed by atoms with Gasteiger partial charge >= 0.3 is 0 Å². The first-order chi connectivity index (χ1) is 12.6. The molecule has 2 aromatic carbocycles. The number of methoxy groups -OCH3 is 1. The Kier molecular flexibility index (Phi) is 5.43. The van der Waals surface area contributed by atoms with Gasteiger partial charge in [-0.25, -0.2) is 0 Å². The summed E-state index contributed by atoms with van der Waals surface area (Å²) in [7, 11) is 1.59. The van der Waals surface area contributed by atoms with Gasteiger partial charge in [0.05, 0.1) is 17.2 Å². The van der Waals surface area contributed by atoms with Gasteiger partial charge in [-0.3, -0.25) is 19.3 Å². The molecule has 0 fully saturated rings. The number of fused-ring (bicyclic) bond motifs is 1. The molecule has 6 heteroatoms. The SMILES string of the molecule is CO[C@@H](CNC(=O)CCN1C(=O)c2ccccc2C1=O)c1ccccc1. The lowest BCUT2D eigenvalue weighted by atomic mass is 10.1. The minimum absolute atomic E-state index is 0.0523. The molecule has 0 bridgehead atoms. The van der Waals surface area contributed by atoms with Crippen molar-refractivity contribution in [1.29, 1.82) is 0 Å². The van der Waals surface area contributed by atoms with Gasteiger partial charge in [0.1, 0.15) is 0 Å². The van der Waals surface area contributed by atoms with Gasteiger partial charge in [0.2, 0.25) is 5.91 Å². The van der Waals surface area contributed by atoms with Crippen molar-refractivity contribution >= 4 is 17.7 Å². The fraction of sp³-hybridized carbons (Fsp3) is 0.250. The number of nitrogens with zero attached hydrogens (tertiary/aromatic N) is 1. The largest absolute Gasteiger partial charge is 0.375 e. The Balaban J connectivity index is 1.52. The summed E-state index contributed by atoms with van der Waals surface area (Å²) in [5, 5.41) is 2.79. The monoisotopic (exact) mass is 352 g/mol. The molecule has 0 saturated carbocycles. The minimum atomic E-state index is -0.350. The highest BCUT2D eigenvalue weighted by Crippen LogP contribution is 2.22. The van der Waals surface area contributed by atoms with Crippen molar-refractivity contribution in [2.45, 2.75) is 12.5 Å². The highest BCUT2D eigenvalue weighted by atomic mass is 16.5. The van der Waals surface area contributed by atoms with Crippen LogP contribution in [0.15, 0.2) is 54.6 Å². The molecule has 0 aliphatic carbocycles. The quantitative estimate of drug-likeness (QED) is 0.775. The molecule has 26 heavy (non-hydrogen) atoms. The van der Waals surface area contributed by atoms with Crippen LogP contribution in [0, 0.1) is 0 Å². The molecule has 1 aliphatic rings. The zero-order chi connectivity index (χ0) is 18.5. The molecule has 134 valence electrons. The van der Waals surface area contributed by atoms with E-state index in [1.165, 1.54) is 0 Å². The van der Waals surface area contributed by atoms with Crippen LogP contribution in [0.1, 0.15) is 38.8 Å². The number of nitrogens with one attached hydrogen (secondary N) is 1. The maximum atomic E-state index is 12.3. The average molecular weight is 352 g/mol. The first-order valence-corrected chi connectivity index (χ1v) is 8.41. The molecule has 3 amide bonds. The fourth-order valence-corrected chi connectivity index (χ4v) is 2.96. The van der Waals surface area contributed by atoms with Gasteiger partial charge in [-0.2, -0.15) is 0 Å². The average Bonchev–Trinajstić information content (AvgIpc) is 2.92. The highest BCUT2D eigenvalue weighted by Gasteiger charge is 2.34. The van der Waals surface area contributed by atoms with Gasteiger partial charge in [0, 0.05) is 26.6 Å². The molecular formula is C20H20N2O4. The van der Waals surface area contributed by atoms with E-state index in [4.69, 9.17) is 4.74 Å². The third kappa shape index (κ3) is 3.65. The van der Waals surface area contributed by atoms with Crippen LogP contribution in [0.2, 0.25) is 0 Å². The predicted octanol–water partition coefficient (Wildman–Crippen LogP) is 2.18. The van der Waals surface area contributed by atoms with Crippen LogP contribution in [-0.2, 0) is 9.53 Å². The molecule has 1 atom stereocenters. The smallest absolute Gasteiger partial charge is 0.261 e. The van der Waals surface area contributed by atoms with Crippen LogP contribution in [0.4, 0.5) is 0 Å². The summed E-state index contributed by atoms with van der Waals surface area (Å²) < 4.78 is 5.41. The van der Waals surface area contributed by atoms with Gasteiger partial charge in [-0.05, 0) is 17.7 Å². The van der Waals surface area contributed by atoms with Crippen LogP contribution in [-0.4, -0.2) is 42.8 Å². The standard InChI is InChI=1S/C20H20N2O4/c1-26-17(14-7-3-2-4-8-14)13-21-18(23)11-12-22-19(24)15-9-5-6-10-16(15)20(22)25/h2-10,17H,11-13H2,1H3,(H,21,23)/t17-/m0/s1. The Morgan fingerprint density at radius 3 is 2.15 bits per heavy atom. The summed E-state index contributed by atoms with van der Waals surface area (Å²) in [6.07, 6.45) is -0.198. The number of carbonyl (C=O) groups excluding carboxylic acids is 3. The van der Waals surface area contributed by atoms with Crippen molar-refractivity contribution in [2.24, 2.45) is 0 Å². The van der Waals surface area contributed by atoms with Crippen molar-refractivity contribution in [2.75, 3.05) is 20.2 Å². The molecule has 0 aromatic heterocycles. The third-order valence-electron chi connectivity index (χ3n) is 4.38. The number of benzene rings is 2. The summed E-state index contributed by atoms with van der Waals surface area (Å²) in [5.41, 5.74) is 1.75. The number of amides is 3. The number of hydrogen-bond acceptors (Lipinski definition) is 4. The van der Waals surface area contributed by atoms with Gasteiger partial charge in [-0.1, -0.05) is 42.5 Å². The van der Waals surface area contributed by atoms with E-state index in [1.807, 2.05) is 30.3 Å². The van der Waals surface area contributed by atoms with Crippen LogP contribution in [0.3, 0.4) is 0 Å². The number of carbonyl (C=O) groups is 3. The lowest BCUT2D eigenvalue weighted by Gasteiger charge is -2.17. The summed E-state index contributed by atoms with van der Waals surface area (Å²) >= 11 is 0. The van der Waals surface area contributed by atoms with Crippen molar-refractivity contribution < 1.29 is 19.1 Å². The molecule has 0 spiro atoms. The second-order valence-electron chi connectivity index (χ2n) is 6.00. The molecule has 1 aliphatic heterocycles. The Bertz CT molecular complexity index is 785. The molecule has 1 N–H and O–H groups in total. The fourth-order valence-electron chi connectivity index (χ4n) is 2.96. The van der Waals surface area contributed by atoms with E-state index in [0.29, 0.717) is 17.7 Å². The Morgan fingerprint density at radius 1 is 1.00 bits per heavy atom. The molecular weight excluding hydrogens is 332 g/mol. The van der Waals surface area contributed by atoms with Gasteiger partial charge in [-0.15, -0.1) is 0 Å². The Labute approximate surface area is 151 Å². The van der Waals surface area contributed by atoms with Gasteiger partial charge < -0.3 is 10.1 Å². The second-order valence-corrected chi connectivity index (χ2v) is 6.00. The molecule has 0 unspecified atom stereocenters. The number of ether oxygens (including phenoxy) is 1. The van der Waals surface area contributed by atoms with E-state index in [0.717, 1.165) is 10.5 Å². The maximum absolute atomic E-state index is 12.3. The summed E-state index contributed by atoms with van der Waals surface area (Å²) in [4.78, 5) is 37.8. The second kappa shape index (κ2) is 7.93. The highest BCUT2D eigenvalue weighted by molar-refractivity contribution is 6.21. The van der Waals surface area contributed by atoms with Crippen LogP contribution < -0.4 is 5.32 Å². The third-order valence-corrected chi connectivity index (χ3v) is 4.38. The van der Waals surface area contributed by atoms with Crippen molar-refractivity contribution in [3.8, 4) is 0 Å². The van der Waals surface area contributed by atoms with E-state index >= 15 is 0 Å². The van der Waals surface area contributed by atoms with E-state index in [9.17, 15) is 14.4 Å². The van der Waals surface area contributed by atoms with Crippen molar-refractivity contribution in [3.63, 3.8) is 0 Å². The Morgan fingerprint density at radius 2 is 1.58 bits per heavy atom. The van der Waals surface area contributed by atoms with Crippen LogP contribution in [0.25, 0.3) is 0 Å². The normalized spacial score (nSPS) is 14.3. The van der Waals surface area contributed by atoms with E-state index in [1.54, 1.807) is 31.4 Å². The predicted molar refractivity (Wildman–Crippen MR) is 95.6 cm³/mol. The Hall–Kier alpha value is -2.99. The molecule has 2 aromatic rings. The number of rotatable bonds is 7. The van der Waals surface area contributed by atoms with E-state index in [2.05, 4.69) is 5.32 Å². The first-order valence-electron chi connectivity index (χ1n) is 8.41. The molecule has 0 saturated heterocycles. The lowest BCUT2D eigenvalue weighted by molar-refractivity contribution is -0.121. The zero-order valence-corrected chi connectivity index (χ0v) is 14.5. The number of imide groups is 1. The topological polar surface area (TPSA) is 75.7 Å². The van der Waals surface area contributed by atoms with Gasteiger partial charge in [0.15, 0.2) is 0 Å². The summed E-state index contributed by atoms with van der Waals surface area (Å²) in [6, 6.07) is 16.3. The molecule has 1 heterocycles. The molecule has 3 rings (SSSR count). The maximum Gasteiger partial charge on any atom is 0.261 e. The molecule has 0 radical (unpaired) electrons. The first kappa shape index (κ1) is 17.8. The zero-order valence-electron chi connectivity index (χ0n) is 14.5. The molecule has 6 nitrogen and oxygen atoms in total. The lowest BCUT2D eigenvalue weighted by Crippen LogP contribution is -2.35.